The minimum atomic E-state index is 0.157. The first-order chi connectivity index (χ1) is 8.72. The van der Waals surface area contributed by atoms with Crippen LogP contribution in [0.15, 0.2) is 0 Å². The average molecular weight is 253 g/mol. The second-order valence-corrected chi connectivity index (χ2v) is 5.21. The van der Waals surface area contributed by atoms with Gasteiger partial charge >= 0.3 is 0 Å². The van der Waals surface area contributed by atoms with E-state index in [1.807, 2.05) is 4.90 Å². The zero-order valence-corrected chi connectivity index (χ0v) is 10.9. The van der Waals surface area contributed by atoms with Crippen LogP contribution in [0, 0.1) is 0 Å². The fourth-order valence-electron chi connectivity index (χ4n) is 2.89. The molecule has 0 spiro atoms. The summed E-state index contributed by atoms with van der Waals surface area (Å²) in [6, 6.07) is 0.209. The van der Waals surface area contributed by atoms with Gasteiger partial charge in [-0.2, -0.15) is 0 Å². The zero-order chi connectivity index (χ0) is 13.0. The van der Waals surface area contributed by atoms with Crippen molar-refractivity contribution in [2.75, 3.05) is 26.2 Å². The summed E-state index contributed by atoms with van der Waals surface area (Å²) in [5.41, 5.74) is 5.71. The first kappa shape index (κ1) is 13.3. The maximum Gasteiger partial charge on any atom is 0.224 e. The first-order valence-electron chi connectivity index (χ1n) is 6.99. The van der Waals surface area contributed by atoms with E-state index in [1.54, 1.807) is 4.90 Å². The van der Waals surface area contributed by atoms with Gasteiger partial charge in [-0.1, -0.05) is 0 Å². The molecule has 2 saturated heterocycles. The van der Waals surface area contributed by atoms with Crippen molar-refractivity contribution in [3.05, 3.63) is 0 Å². The Hall–Kier alpha value is -1.10. The van der Waals surface area contributed by atoms with Crippen molar-refractivity contribution < 1.29 is 9.59 Å². The highest BCUT2D eigenvalue weighted by molar-refractivity contribution is 5.80. The third kappa shape index (κ3) is 3.02. The molecule has 2 rings (SSSR count). The van der Waals surface area contributed by atoms with Gasteiger partial charge in [0.25, 0.3) is 0 Å². The van der Waals surface area contributed by atoms with Crippen LogP contribution in [0.2, 0.25) is 0 Å². The Bertz CT molecular complexity index is 319. The van der Waals surface area contributed by atoms with Crippen LogP contribution >= 0.6 is 0 Å². The van der Waals surface area contributed by atoms with Gasteiger partial charge in [0, 0.05) is 45.1 Å². The van der Waals surface area contributed by atoms with Crippen LogP contribution in [0.5, 0.6) is 0 Å². The topological polar surface area (TPSA) is 66.6 Å². The molecule has 0 aromatic rings. The van der Waals surface area contributed by atoms with E-state index < -0.39 is 0 Å². The third-order valence-electron chi connectivity index (χ3n) is 3.99. The molecule has 2 fully saturated rings. The number of piperidine rings is 1. The maximum atomic E-state index is 12.2. The molecule has 2 aliphatic heterocycles. The lowest BCUT2D eigenvalue weighted by Crippen LogP contribution is -2.48. The normalized spacial score (nSPS) is 24.7. The van der Waals surface area contributed by atoms with Crippen molar-refractivity contribution in [2.24, 2.45) is 5.73 Å². The molecule has 0 radical (unpaired) electrons. The molecule has 5 nitrogen and oxygen atoms in total. The summed E-state index contributed by atoms with van der Waals surface area (Å²) in [5, 5.41) is 0. The number of carbonyl (C=O) groups is 2. The predicted molar refractivity (Wildman–Crippen MR) is 68.8 cm³/mol. The Morgan fingerprint density at radius 1 is 1.28 bits per heavy atom. The van der Waals surface area contributed by atoms with Crippen molar-refractivity contribution in [3.8, 4) is 0 Å². The van der Waals surface area contributed by atoms with E-state index >= 15 is 0 Å². The van der Waals surface area contributed by atoms with Crippen molar-refractivity contribution in [2.45, 2.75) is 44.6 Å². The smallest absolute Gasteiger partial charge is 0.224 e. The van der Waals surface area contributed by atoms with Gasteiger partial charge < -0.3 is 15.5 Å². The van der Waals surface area contributed by atoms with Crippen LogP contribution in [-0.2, 0) is 9.59 Å². The molecule has 0 aromatic carbocycles. The van der Waals surface area contributed by atoms with Crippen LogP contribution in [0.4, 0.5) is 0 Å². The minimum Gasteiger partial charge on any atom is -0.342 e. The maximum absolute atomic E-state index is 12.2. The van der Waals surface area contributed by atoms with E-state index in [4.69, 9.17) is 5.73 Å². The lowest BCUT2D eigenvalue weighted by Gasteiger charge is -2.35. The average Bonchev–Trinajstić information content (AvgIpc) is 2.81. The minimum absolute atomic E-state index is 0.157. The fraction of sp³-hybridized carbons (Fsp3) is 0.846. The van der Waals surface area contributed by atoms with E-state index in [0.717, 1.165) is 38.8 Å². The second-order valence-electron chi connectivity index (χ2n) is 5.21. The molecule has 0 bridgehead atoms. The molecule has 2 aliphatic rings. The number of nitrogens with zero attached hydrogens (tertiary/aromatic N) is 2. The molecule has 2 N–H and O–H groups in total. The van der Waals surface area contributed by atoms with E-state index in [1.165, 1.54) is 0 Å². The number of hydrogen-bond acceptors (Lipinski definition) is 3. The van der Waals surface area contributed by atoms with Crippen LogP contribution in [0.1, 0.15) is 38.5 Å². The molecule has 102 valence electrons. The molecule has 0 saturated carbocycles. The van der Waals surface area contributed by atoms with Gasteiger partial charge in [-0.05, 0) is 25.7 Å². The molecule has 0 aliphatic carbocycles. The Morgan fingerprint density at radius 2 is 2.11 bits per heavy atom. The van der Waals surface area contributed by atoms with Gasteiger partial charge in [0.1, 0.15) is 0 Å². The van der Waals surface area contributed by atoms with Crippen molar-refractivity contribution in [1.82, 2.24) is 9.80 Å². The summed E-state index contributed by atoms with van der Waals surface area (Å²) < 4.78 is 0. The quantitative estimate of drug-likeness (QED) is 0.785. The number of nitrogens with two attached hydrogens (primary N) is 1. The van der Waals surface area contributed by atoms with Crippen molar-refractivity contribution >= 4 is 11.8 Å². The highest BCUT2D eigenvalue weighted by Gasteiger charge is 2.27. The SMILES string of the molecule is NC[C@H]1CCCCN1C(=O)CCN1CCCC1=O. The number of hydrogen-bond donors (Lipinski definition) is 1. The number of carbonyl (C=O) groups excluding carboxylic acids is 2. The van der Waals surface area contributed by atoms with Gasteiger partial charge in [0.2, 0.25) is 11.8 Å². The summed E-state index contributed by atoms with van der Waals surface area (Å²) in [6.07, 6.45) is 5.28. The number of amides is 2. The van der Waals surface area contributed by atoms with Gasteiger partial charge in [-0.25, -0.2) is 0 Å². The molecule has 5 heteroatoms. The summed E-state index contributed by atoms with van der Waals surface area (Å²) in [5.74, 6) is 0.349. The van der Waals surface area contributed by atoms with Crippen molar-refractivity contribution in [3.63, 3.8) is 0 Å². The Kier molecular flexibility index (Phi) is 4.58. The number of likely N-dealkylation sites (tertiary alicyclic amines) is 2. The molecule has 2 heterocycles. The lowest BCUT2D eigenvalue weighted by molar-refractivity contribution is -0.135. The molecule has 18 heavy (non-hydrogen) atoms. The second kappa shape index (κ2) is 6.18. The summed E-state index contributed by atoms with van der Waals surface area (Å²) in [4.78, 5) is 27.4. The highest BCUT2D eigenvalue weighted by Crippen LogP contribution is 2.18. The molecular weight excluding hydrogens is 230 g/mol. The molecule has 0 aromatic heterocycles. The van der Waals surface area contributed by atoms with Gasteiger partial charge in [0.05, 0.1) is 0 Å². The monoisotopic (exact) mass is 253 g/mol. The summed E-state index contributed by atoms with van der Waals surface area (Å²) >= 11 is 0. The van der Waals surface area contributed by atoms with Gasteiger partial charge in [-0.15, -0.1) is 0 Å². The van der Waals surface area contributed by atoms with Crippen LogP contribution < -0.4 is 5.73 Å². The molecule has 1 atom stereocenters. The standard InChI is InChI=1S/C13H23N3O2/c14-10-11-4-1-2-8-16(11)13(18)6-9-15-7-3-5-12(15)17/h11H,1-10,14H2/t11-/m1/s1. The van der Waals surface area contributed by atoms with Crippen molar-refractivity contribution in [1.29, 1.82) is 0 Å². The van der Waals surface area contributed by atoms with E-state index in [-0.39, 0.29) is 17.9 Å². The lowest BCUT2D eigenvalue weighted by atomic mass is 10.0. The van der Waals surface area contributed by atoms with Gasteiger partial charge in [-0.3, -0.25) is 9.59 Å². The Labute approximate surface area is 108 Å². The third-order valence-corrected chi connectivity index (χ3v) is 3.99. The Balaban J connectivity index is 1.81. The van der Waals surface area contributed by atoms with E-state index in [9.17, 15) is 9.59 Å². The van der Waals surface area contributed by atoms with E-state index in [0.29, 0.717) is 25.9 Å². The van der Waals surface area contributed by atoms with Crippen LogP contribution in [0.25, 0.3) is 0 Å². The van der Waals surface area contributed by atoms with Crippen LogP contribution in [-0.4, -0.2) is 53.8 Å². The predicted octanol–water partition coefficient (Wildman–Crippen LogP) is 0.339. The fourth-order valence-corrected chi connectivity index (χ4v) is 2.89. The largest absolute Gasteiger partial charge is 0.342 e. The highest BCUT2D eigenvalue weighted by atomic mass is 16.2. The van der Waals surface area contributed by atoms with Gasteiger partial charge in [0.15, 0.2) is 0 Å². The zero-order valence-electron chi connectivity index (χ0n) is 10.9. The van der Waals surface area contributed by atoms with Crippen LogP contribution in [0.3, 0.4) is 0 Å². The Morgan fingerprint density at radius 3 is 2.78 bits per heavy atom. The molecule has 0 unspecified atom stereocenters. The summed E-state index contributed by atoms with van der Waals surface area (Å²) in [7, 11) is 0. The summed E-state index contributed by atoms with van der Waals surface area (Å²) in [6.45, 7) is 2.76. The number of rotatable bonds is 4. The van der Waals surface area contributed by atoms with E-state index in [2.05, 4.69) is 0 Å². The molecular formula is C13H23N3O2. The first-order valence-corrected chi connectivity index (χ1v) is 6.99. The molecule has 2 amide bonds.